The second kappa shape index (κ2) is 10.3. The third kappa shape index (κ3) is 6.93. The highest BCUT2D eigenvalue weighted by Crippen LogP contribution is 1.92. The molecule has 0 saturated carbocycles. The first-order chi connectivity index (χ1) is 11.4. The van der Waals surface area contributed by atoms with Crippen LogP contribution in [0.15, 0.2) is 58.8 Å². The van der Waals surface area contributed by atoms with Crippen molar-refractivity contribution >= 4 is 12.4 Å². The molecule has 120 valence electrons. The summed E-state index contributed by atoms with van der Waals surface area (Å²) in [4.78, 5) is 19.6. The van der Waals surface area contributed by atoms with Crippen LogP contribution in [0.4, 0.5) is 0 Å². The van der Waals surface area contributed by atoms with Crippen molar-refractivity contribution in [2.45, 2.75) is 6.92 Å². The Morgan fingerprint density at radius 1 is 0.870 bits per heavy atom. The Labute approximate surface area is 137 Å². The van der Waals surface area contributed by atoms with Gasteiger partial charge in [-0.15, -0.1) is 0 Å². The monoisotopic (exact) mass is 309 g/mol. The average molecular weight is 309 g/mol. The van der Waals surface area contributed by atoms with Gasteiger partial charge in [-0.1, -0.05) is 19.1 Å². The molecule has 0 aliphatic carbocycles. The fourth-order valence-corrected chi connectivity index (χ4v) is 2.05. The van der Waals surface area contributed by atoms with Crippen molar-refractivity contribution in [2.75, 3.05) is 32.7 Å². The minimum atomic E-state index is 0.772. The van der Waals surface area contributed by atoms with E-state index >= 15 is 0 Å². The van der Waals surface area contributed by atoms with Gasteiger partial charge in [0.25, 0.3) is 0 Å². The molecule has 2 rings (SSSR count). The van der Waals surface area contributed by atoms with E-state index in [1.54, 1.807) is 12.4 Å². The van der Waals surface area contributed by atoms with Gasteiger partial charge in [-0.3, -0.25) is 24.9 Å². The maximum absolute atomic E-state index is 4.43. The van der Waals surface area contributed by atoms with E-state index in [2.05, 4.69) is 31.8 Å². The lowest BCUT2D eigenvalue weighted by molar-refractivity contribution is 0.305. The van der Waals surface area contributed by atoms with Crippen molar-refractivity contribution in [3.05, 3.63) is 60.2 Å². The second-order valence-electron chi connectivity index (χ2n) is 5.01. The predicted octanol–water partition coefficient (Wildman–Crippen LogP) is 2.34. The van der Waals surface area contributed by atoms with Crippen LogP contribution in [0.25, 0.3) is 0 Å². The molecule has 5 nitrogen and oxygen atoms in total. The molecule has 0 aliphatic rings. The number of aromatic nitrogens is 2. The van der Waals surface area contributed by atoms with E-state index < -0.39 is 0 Å². The van der Waals surface area contributed by atoms with Gasteiger partial charge in [0.05, 0.1) is 24.5 Å². The highest BCUT2D eigenvalue weighted by atomic mass is 15.1. The summed E-state index contributed by atoms with van der Waals surface area (Å²) in [7, 11) is 0. The van der Waals surface area contributed by atoms with Crippen LogP contribution in [-0.4, -0.2) is 60.0 Å². The van der Waals surface area contributed by atoms with Crippen LogP contribution >= 0.6 is 0 Å². The fourth-order valence-electron chi connectivity index (χ4n) is 2.05. The molecule has 2 aromatic heterocycles. The summed E-state index contributed by atoms with van der Waals surface area (Å²) in [6, 6.07) is 11.6. The van der Waals surface area contributed by atoms with E-state index in [4.69, 9.17) is 0 Å². The summed E-state index contributed by atoms with van der Waals surface area (Å²) >= 11 is 0. The number of hydrogen-bond donors (Lipinski definition) is 0. The predicted molar refractivity (Wildman–Crippen MR) is 95.5 cm³/mol. The molecule has 0 unspecified atom stereocenters. The molecule has 0 aliphatic heterocycles. The summed E-state index contributed by atoms with van der Waals surface area (Å²) in [5.74, 6) is 0. The Morgan fingerprint density at radius 3 is 1.78 bits per heavy atom. The number of pyridine rings is 2. The first-order valence-electron chi connectivity index (χ1n) is 7.92. The minimum Gasteiger partial charge on any atom is -0.300 e. The maximum atomic E-state index is 4.43. The van der Waals surface area contributed by atoms with Crippen LogP contribution in [-0.2, 0) is 0 Å². The maximum Gasteiger partial charge on any atom is 0.0807 e. The van der Waals surface area contributed by atoms with Crippen molar-refractivity contribution < 1.29 is 0 Å². The van der Waals surface area contributed by atoms with Crippen LogP contribution in [0.1, 0.15) is 18.3 Å². The highest BCUT2D eigenvalue weighted by Gasteiger charge is 1.99. The standard InChI is InChI=1S/C18H23N5/c1-2-23(13-11-19-15-17-7-3-5-9-21-17)14-12-20-16-18-8-4-6-10-22-18/h3-10,15-16H,2,11-14H2,1H3. The number of likely N-dealkylation sites (N-methyl/N-ethyl adjacent to an activating group) is 1. The van der Waals surface area contributed by atoms with Gasteiger partial charge in [-0.05, 0) is 30.8 Å². The van der Waals surface area contributed by atoms with E-state index in [0.29, 0.717) is 0 Å². The van der Waals surface area contributed by atoms with Gasteiger partial charge >= 0.3 is 0 Å². The largest absolute Gasteiger partial charge is 0.300 e. The third-order valence-electron chi connectivity index (χ3n) is 3.36. The van der Waals surface area contributed by atoms with Crippen molar-refractivity contribution in [3.63, 3.8) is 0 Å². The van der Waals surface area contributed by atoms with Gasteiger partial charge in [0, 0.05) is 37.9 Å². The Hall–Kier alpha value is -2.40. The van der Waals surface area contributed by atoms with Crippen molar-refractivity contribution in [1.82, 2.24) is 14.9 Å². The minimum absolute atomic E-state index is 0.772. The van der Waals surface area contributed by atoms with Crippen LogP contribution in [0.3, 0.4) is 0 Å². The lowest BCUT2D eigenvalue weighted by atomic mass is 10.4. The molecular weight excluding hydrogens is 286 g/mol. The molecule has 5 heteroatoms. The average Bonchev–Trinajstić information content (AvgIpc) is 2.62. The molecule has 23 heavy (non-hydrogen) atoms. The van der Waals surface area contributed by atoms with E-state index in [1.807, 2.05) is 48.8 Å². The van der Waals surface area contributed by atoms with E-state index in [-0.39, 0.29) is 0 Å². The Bertz CT molecular complexity index is 542. The highest BCUT2D eigenvalue weighted by molar-refractivity contribution is 5.77. The van der Waals surface area contributed by atoms with Crippen LogP contribution in [0.2, 0.25) is 0 Å². The molecule has 0 aromatic carbocycles. The molecule has 0 amide bonds. The number of rotatable bonds is 9. The van der Waals surface area contributed by atoms with Gasteiger partial charge in [-0.2, -0.15) is 0 Å². The summed E-state index contributed by atoms with van der Waals surface area (Å²) in [6.45, 7) is 6.56. The molecule has 0 spiro atoms. The molecule has 0 saturated heterocycles. The number of nitrogens with zero attached hydrogens (tertiary/aromatic N) is 5. The van der Waals surface area contributed by atoms with Crippen molar-refractivity contribution in [2.24, 2.45) is 9.98 Å². The van der Waals surface area contributed by atoms with Crippen LogP contribution in [0, 0.1) is 0 Å². The first kappa shape index (κ1) is 17.0. The topological polar surface area (TPSA) is 53.7 Å². The zero-order chi connectivity index (χ0) is 16.2. The fraction of sp³-hybridized carbons (Fsp3) is 0.333. The molecular formula is C18H23N5. The van der Waals surface area contributed by atoms with E-state index in [1.165, 1.54) is 0 Å². The van der Waals surface area contributed by atoms with Crippen molar-refractivity contribution in [1.29, 1.82) is 0 Å². The molecule has 0 N–H and O–H groups in total. The Balaban J connectivity index is 1.67. The van der Waals surface area contributed by atoms with Gasteiger partial charge in [-0.25, -0.2) is 0 Å². The first-order valence-corrected chi connectivity index (χ1v) is 7.92. The normalized spacial score (nSPS) is 11.7. The summed E-state index contributed by atoms with van der Waals surface area (Å²) < 4.78 is 0. The molecule has 0 atom stereocenters. The summed E-state index contributed by atoms with van der Waals surface area (Å²) in [5, 5.41) is 0. The summed E-state index contributed by atoms with van der Waals surface area (Å²) in [5.41, 5.74) is 1.80. The Kier molecular flexibility index (Phi) is 7.63. The van der Waals surface area contributed by atoms with Crippen LogP contribution in [0.5, 0.6) is 0 Å². The molecule has 0 fully saturated rings. The van der Waals surface area contributed by atoms with Gasteiger partial charge < -0.3 is 0 Å². The SMILES string of the molecule is CCN(CCN=Cc1ccccn1)CCN=Cc1ccccn1. The smallest absolute Gasteiger partial charge is 0.0807 e. The third-order valence-corrected chi connectivity index (χ3v) is 3.36. The lowest BCUT2D eigenvalue weighted by Crippen LogP contribution is -2.28. The van der Waals surface area contributed by atoms with Gasteiger partial charge in [0.2, 0.25) is 0 Å². The van der Waals surface area contributed by atoms with Gasteiger partial charge in [0.15, 0.2) is 0 Å². The number of hydrogen-bond acceptors (Lipinski definition) is 5. The zero-order valence-corrected chi connectivity index (χ0v) is 13.5. The second-order valence-corrected chi connectivity index (χ2v) is 5.01. The quantitative estimate of drug-likeness (QED) is 0.668. The van der Waals surface area contributed by atoms with Crippen molar-refractivity contribution in [3.8, 4) is 0 Å². The lowest BCUT2D eigenvalue weighted by Gasteiger charge is -2.17. The molecule has 0 radical (unpaired) electrons. The van der Waals surface area contributed by atoms with Crippen LogP contribution < -0.4 is 0 Å². The molecule has 2 heterocycles. The zero-order valence-electron chi connectivity index (χ0n) is 13.5. The number of aliphatic imine (C=N–C) groups is 2. The Morgan fingerprint density at radius 2 is 1.39 bits per heavy atom. The van der Waals surface area contributed by atoms with E-state index in [9.17, 15) is 0 Å². The molecule has 2 aromatic rings. The van der Waals surface area contributed by atoms with Gasteiger partial charge in [0.1, 0.15) is 0 Å². The summed E-state index contributed by atoms with van der Waals surface area (Å²) in [6.07, 6.45) is 7.21. The van der Waals surface area contributed by atoms with E-state index in [0.717, 1.165) is 44.1 Å². The molecule has 0 bridgehead atoms.